The van der Waals surface area contributed by atoms with Crippen molar-refractivity contribution in [2.75, 3.05) is 6.61 Å². The van der Waals surface area contributed by atoms with E-state index in [2.05, 4.69) is 32.9 Å². The fraction of sp³-hybridized carbons (Fsp3) is 0.867. The van der Waals surface area contributed by atoms with Gasteiger partial charge in [0.1, 0.15) is 0 Å². The lowest BCUT2D eigenvalue weighted by atomic mass is 9.48. The minimum Gasteiger partial charge on any atom is -0.396 e. The molecule has 194 valence electrons. The van der Waals surface area contributed by atoms with Gasteiger partial charge in [0.15, 0.2) is 0 Å². The molecule has 0 aromatic heterocycles. The maximum Gasteiger partial charge on any atom is 0.0689 e. The van der Waals surface area contributed by atoms with E-state index in [9.17, 15) is 20.4 Å². The molecule has 0 aromatic rings. The van der Waals surface area contributed by atoms with Crippen LogP contribution < -0.4 is 0 Å². The molecule has 0 bridgehead atoms. The number of aliphatic hydroxyl groups excluding tert-OH is 3. The quantitative estimate of drug-likeness (QED) is 0.380. The zero-order chi connectivity index (χ0) is 24.9. The molecule has 0 saturated heterocycles. The van der Waals surface area contributed by atoms with Crippen LogP contribution in [-0.2, 0) is 0 Å². The SMILES string of the molecule is C[C@H](CCCC(C)(C)O)[C@H]1CC[C@H]2C3=CC=C4C[C@@H](O)[C@@H](CCCO)[C@H](O)[C@]4(C)[C@H]3CC[C@]12C. The first-order valence-electron chi connectivity index (χ1n) is 14.0. The van der Waals surface area contributed by atoms with Crippen molar-refractivity contribution >= 4 is 0 Å². The third kappa shape index (κ3) is 4.46. The summed E-state index contributed by atoms with van der Waals surface area (Å²) in [5.74, 6) is 2.16. The minimum absolute atomic E-state index is 0.111. The Kier molecular flexibility index (Phi) is 7.49. The molecule has 0 unspecified atom stereocenters. The van der Waals surface area contributed by atoms with Gasteiger partial charge in [-0.05, 0) is 94.3 Å². The van der Waals surface area contributed by atoms with Crippen LogP contribution in [0.25, 0.3) is 0 Å². The van der Waals surface area contributed by atoms with Gasteiger partial charge in [-0.15, -0.1) is 0 Å². The van der Waals surface area contributed by atoms with Crippen LogP contribution >= 0.6 is 0 Å². The first-order valence-corrected chi connectivity index (χ1v) is 14.0. The maximum absolute atomic E-state index is 11.6. The summed E-state index contributed by atoms with van der Waals surface area (Å²) in [5.41, 5.74) is 2.21. The molecule has 9 atom stereocenters. The van der Waals surface area contributed by atoms with E-state index in [1.54, 1.807) is 5.57 Å². The molecule has 0 amide bonds. The van der Waals surface area contributed by atoms with Crippen LogP contribution in [0.4, 0.5) is 0 Å². The van der Waals surface area contributed by atoms with Crippen molar-refractivity contribution in [3.05, 3.63) is 23.3 Å². The second-order valence-corrected chi connectivity index (χ2v) is 13.4. The van der Waals surface area contributed by atoms with Gasteiger partial charge in [0.2, 0.25) is 0 Å². The van der Waals surface area contributed by atoms with Crippen molar-refractivity contribution in [3.8, 4) is 0 Å². The molecule has 34 heavy (non-hydrogen) atoms. The van der Waals surface area contributed by atoms with Gasteiger partial charge < -0.3 is 20.4 Å². The van der Waals surface area contributed by atoms with Crippen LogP contribution in [-0.4, -0.2) is 44.8 Å². The number of aliphatic hydroxyl groups is 4. The van der Waals surface area contributed by atoms with E-state index in [0.717, 1.165) is 25.2 Å². The first-order chi connectivity index (χ1) is 15.9. The van der Waals surface area contributed by atoms with Crippen LogP contribution in [0, 0.1) is 40.4 Å². The second kappa shape index (κ2) is 9.65. The van der Waals surface area contributed by atoms with E-state index >= 15 is 0 Å². The molecule has 4 aliphatic rings. The lowest BCUT2D eigenvalue weighted by molar-refractivity contribution is -0.101. The molecule has 4 N–H and O–H groups in total. The van der Waals surface area contributed by atoms with Gasteiger partial charge in [-0.2, -0.15) is 0 Å². The molecule has 0 heterocycles. The summed E-state index contributed by atoms with van der Waals surface area (Å²) in [4.78, 5) is 0. The Hall–Kier alpha value is -0.680. The summed E-state index contributed by atoms with van der Waals surface area (Å²) < 4.78 is 0. The number of hydrogen-bond acceptors (Lipinski definition) is 4. The third-order valence-electron chi connectivity index (χ3n) is 10.9. The van der Waals surface area contributed by atoms with Gasteiger partial charge in [-0.25, -0.2) is 0 Å². The number of allylic oxidation sites excluding steroid dienone is 3. The zero-order valence-corrected chi connectivity index (χ0v) is 22.3. The van der Waals surface area contributed by atoms with Crippen molar-refractivity contribution in [1.29, 1.82) is 0 Å². The number of fused-ring (bicyclic) bond motifs is 5. The van der Waals surface area contributed by atoms with Crippen molar-refractivity contribution in [2.45, 2.75) is 117 Å². The molecular formula is C30H50O4. The fourth-order valence-corrected chi connectivity index (χ4v) is 8.90. The van der Waals surface area contributed by atoms with Crippen molar-refractivity contribution < 1.29 is 20.4 Å². The fourth-order valence-electron chi connectivity index (χ4n) is 8.90. The van der Waals surface area contributed by atoms with Crippen LogP contribution in [0.2, 0.25) is 0 Å². The molecule has 0 radical (unpaired) electrons. The van der Waals surface area contributed by atoms with E-state index in [1.165, 1.54) is 31.3 Å². The van der Waals surface area contributed by atoms with Crippen molar-refractivity contribution in [2.24, 2.45) is 40.4 Å². The summed E-state index contributed by atoms with van der Waals surface area (Å²) in [7, 11) is 0. The smallest absolute Gasteiger partial charge is 0.0689 e. The van der Waals surface area contributed by atoms with E-state index in [4.69, 9.17) is 0 Å². The lowest BCUT2D eigenvalue weighted by Gasteiger charge is -2.58. The molecule has 4 nitrogen and oxygen atoms in total. The van der Waals surface area contributed by atoms with Crippen molar-refractivity contribution in [3.63, 3.8) is 0 Å². The summed E-state index contributed by atoms with van der Waals surface area (Å²) in [6, 6.07) is 0. The molecular weight excluding hydrogens is 424 g/mol. The average molecular weight is 475 g/mol. The predicted molar refractivity (Wildman–Crippen MR) is 137 cm³/mol. The summed E-state index contributed by atoms with van der Waals surface area (Å²) in [5, 5.41) is 41.9. The van der Waals surface area contributed by atoms with Gasteiger partial charge in [-0.1, -0.05) is 56.9 Å². The predicted octanol–water partition coefficient (Wildman–Crippen LogP) is 5.39. The Morgan fingerprint density at radius 2 is 1.79 bits per heavy atom. The first kappa shape index (κ1) is 26.4. The Bertz CT molecular complexity index is 794. The normalized spacial score (nSPS) is 42.9. The monoisotopic (exact) mass is 474 g/mol. The van der Waals surface area contributed by atoms with E-state index in [0.29, 0.717) is 42.4 Å². The van der Waals surface area contributed by atoms with Gasteiger partial charge in [0, 0.05) is 17.9 Å². The van der Waals surface area contributed by atoms with Crippen LogP contribution in [0.5, 0.6) is 0 Å². The van der Waals surface area contributed by atoms with Gasteiger partial charge in [0.05, 0.1) is 17.8 Å². The molecule has 0 aromatic carbocycles. The molecule has 3 saturated carbocycles. The highest BCUT2D eigenvalue weighted by Crippen LogP contribution is 2.66. The summed E-state index contributed by atoms with van der Waals surface area (Å²) in [6.07, 6.45) is 13.5. The highest BCUT2D eigenvalue weighted by Gasteiger charge is 2.60. The molecule has 4 aliphatic carbocycles. The minimum atomic E-state index is -0.574. The number of rotatable bonds is 8. The summed E-state index contributed by atoms with van der Waals surface area (Å²) in [6.45, 7) is 11.2. The Morgan fingerprint density at radius 1 is 1.06 bits per heavy atom. The third-order valence-corrected chi connectivity index (χ3v) is 10.9. The maximum atomic E-state index is 11.6. The average Bonchev–Trinajstić information content (AvgIpc) is 3.11. The molecule has 3 fully saturated rings. The van der Waals surface area contributed by atoms with Crippen LogP contribution in [0.3, 0.4) is 0 Å². The molecule has 0 aliphatic heterocycles. The lowest BCUT2D eigenvalue weighted by Crippen LogP contribution is -2.56. The van der Waals surface area contributed by atoms with Crippen molar-refractivity contribution in [1.82, 2.24) is 0 Å². The van der Waals surface area contributed by atoms with Crippen LogP contribution in [0.15, 0.2) is 23.3 Å². The highest BCUT2D eigenvalue weighted by atomic mass is 16.3. The van der Waals surface area contributed by atoms with Gasteiger partial charge in [0.25, 0.3) is 0 Å². The number of hydrogen-bond donors (Lipinski definition) is 4. The van der Waals surface area contributed by atoms with Gasteiger partial charge in [-0.3, -0.25) is 0 Å². The van der Waals surface area contributed by atoms with E-state index < -0.39 is 17.8 Å². The Morgan fingerprint density at radius 3 is 2.47 bits per heavy atom. The highest BCUT2D eigenvalue weighted by molar-refractivity contribution is 5.40. The zero-order valence-electron chi connectivity index (χ0n) is 22.3. The molecule has 4 heteroatoms. The van der Waals surface area contributed by atoms with E-state index in [1.807, 2.05) is 13.8 Å². The van der Waals surface area contributed by atoms with Crippen LogP contribution in [0.1, 0.15) is 98.8 Å². The molecule has 0 spiro atoms. The largest absolute Gasteiger partial charge is 0.396 e. The van der Waals surface area contributed by atoms with E-state index in [-0.39, 0.29) is 17.9 Å². The standard InChI is InChI=1S/C30H50O4/c1-19(8-6-15-28(2,3)34)23-12-13-24-21-11-10-20-18-26(32)22(9-7-17-31)27(33)30(20,5)25(21)14-16-29(23,24)4/h10-11,19,22-27,31-34H,6-9,12-18H2,1-5H3/t19-,22-,23-,24+,25+,26-,27+,29-,30+/m1/s1. The molecule has 4 rings (SSSR count). The Labute approximate surface area is 207 Å². The topological polar surface area (TPSA) is 80.9 Å². The second-order valence-electron chi connectivity index (χ2n) is 13.4. The summed E-state index contributed by atoms with van der Waals surface area (Å²) >= 11 is 0. The Balaban J connectivity index is 1.54. The van der Waals surface area contributed by atoms with Gasteiger partial charge >= 0.3 is 0 Å².